The number of amides is 1. The van der Waals surface area contributed by atoms with Crippen LogP contribution in [0.5, 0.6) is 0 Å². The third kappa shape index (κ3) is 5.80. The number of carbonyl (C=O) groups excluding carboxylic acids is 1. The number of hydrogen-bond acceptors (Lipinski definition) is 6. The first kappa shape index (κ1) is 24.8. The third-order valence-corrected chi connectivity index (χ3v) is 9.95. The van der Waals surface area contributed by atoms with E-state index in [2.05, 4.69) is 5.32 Å². The molecule has 1 amide bonds. The van der Waals surface area contributed by atoms with Crippen LogP contribution in [-0.4, -0.2) is 58.0 Å². The Morgan fingerprint density at radius 1 is 1.03 bits per heavy atom. The highest BCUT2D eigenvalue weighted by atomic mass is 35.5. The maximum absolute atomic E-state index is 12.5. The first-order chi connectivity index (χ1) is 13.9. The van der Waals surface area contributed by atoms with Crippen LogP contribution in [0, 0.1) is 0 Å². The van der Waals surface area contributed by atoms with E-state index in [1.165, 1.54) is 42.7 Å². The summed E-state index contributed by atoms with van der Waals surface area (Å²) in [5, 5.41) is 2.63. The number of benzene rings is 1. The molecule has 0 bridgehead atoms. The molecule has 0 fully saturated rings. The Morgan fingerprint density at radius 3 is 2.13 bits per heavy atom. The summed E-state index contributed by atoms with van der Waals surface area (Å²) in [5.41, 5.74) is 0.685. The Labute approximate surface area is 186 Å². The molecule has 1 aromatic carbocycles. The predicted molar refractivity (Wildman–Crippen MR) is 118 cm³/mol. The molecule has 1 aromatic heterocycles. The summed E-state index contributed by atoms with van der Waals surface area (Å²) in [7, 11) is -4.55. The lowest BCUT2D eigenvalue weighted by Crippen LogP contribution is -2.37. The largest absolute Gasteiger partial charge is 0.351 e. The molecule has 0 aliphatic rings. The van der Waals surface area contributed by atoms with Gasteiger partial charge in [0.05, 0.1) is 15.8 Å². The summed E-state index contributed by atoms with van der Waals surface area (Å²) in [5.74, 6) is -0.486. The molecule has 0 radical (unpaired) electrons. The van der Waals surface area contributed by atoms with Gasteiger partial charge in [0.1, 0.15) is 4.21 Å². The van der Waals surface area contributed by atoms with Gasteiger partial charge < -0.3 is 5.32 Å². The quantitative estimate of drug-likeness (QED) is 0.577. The van der Waals surface area contributed by atoms with Gasteiger partial charge in [-0.05, 0) is 43.7 Å². The zero-order valence-corrected chi connectivity index (χ0v) is 20.2. The number of carbonyl (C=O) groups is 1. The van der Waals surface area contributed by atoms with Crippen LogP contribution in [0.15, 0.2) is 45.5 Å². The van der Waals surface area contributed by atoms with Gasteiger partial charge in [-0.25, -0.2) is 16.8 Å². The SMILES string of the molecule is CC(C)N(C)S(=O)(=O)c1ccc(CNC(=O)CN(C)S(=O)(=O)c2ccc(Cl)s2)cc1. The zero-order valence-electron chi connectivity index (χ0n) is 17.0. The lowest BCUT2D eigenvalue weighted by atomic mass is 10.2. The number of likely N-dealkylation sites (N-methyl/N-ethyl adjacent to an activating group) is 1. The van der Waals surface area contributed by atoms with E-state index in [1.807, 2.05) is 0 Å². The van der Waals surface area contributed by atoms with Gasteiger partial charge in [0.25, 0.3) is 10.0 Å². The first-order valence-corrected chi connectivity index (χ1v) is 13.0. The fourth-order valence-corrected chi connectivity index (χ4v) is 6.55. The molecule has 30 heavy (non-hydrogen) atoms. The molecule has 0 saturated carbocycles. The molecule has 0 unspecified atom stereocenters. The number of halogens is 1. The third-order valence-electron chi connectivity index (χ3n) is 4.40. The lowest BCUT2D eigenvalue weighted by Gasteiger charge is -2.21. The van der Waals surface area contributed by atoms with Crippen LogP contribution in [0.2, 0.25) is 4.34 Å². The molecule has 0 spiro atoms. The number of nitrogens with zero attached hydrogens (tertiary/aromatic N) is 2. The summed E-state index contributed by atoms with van der Waals surface area (Å²) in [6.45, 7) is 3.35. The first-order valence-electron chi connectivity index (χ1n) is 8.91. The van der Waals surface area contributed by atoms with E-state index in [1.54, 1.807) is 26.0 Å². The van der Waals surface area contributed by atoms with E-state index in [0.717, 1.165) is 15.6 Å². The molecule has 166 valence electrons. The van der Waals surface area contributed by atoms with Crippen molar-refractivity contribution >= 4 is 48.9 Å². The number of hydrogen-bond donors (Lipinski definition) is 1. The molecule has 0 atom stereocenters. The molecule has 0 aliphatic carbocycles. The normalized spacial score (nSPS) is 12.7. The molecular formula is C18H24ClN3O5S3. The van der Waals surface area contributed by atoms with E-state index < -0.39 is 26.0 Å². The Kier molecular flexibility index (Phi) is 8.05. The molecule has 8 nitrogen and oxygen atoms in total. The molecule has 0 aliphatic heterocycles. The Morgan fingerprint density at radius 2 is 1.63 bits per heavy atom. The van der Waals surface area contributed by atoms with Crippen LogP contribution < -0.4 is 5.32 Å². The van der Waals surface area contributed by atoms with Gasteiger partial charge in [0.15, 0.2) is 0 Å². The zero-order chi connectivity index (χ0) is 22.7. The second kappa shape index (κ2) is 9.75. The van der Waals surface area contributed by atoms with Gasteiger partial charge in [-0.15, -0.1) is 11.3 Å². The maximum Gasteiger partial charge on any atom is 0.252 e. The van der Waals surface area contributed by atoms with Crippen LogP contribution in [0.1, 0.15) is 19.4 Å². The Hall–Kier alpha value is -1.50. The minimum atomic E-state index is -3.80. The van der Waals surface area contributed by atoms with Crippen LogP contribution in [0.3, 0.4) is 0 Å². The predicted octanol–water partition coefficient (Wildman–Crippen LogP) is 2.37. The summed E-state index contributed by atoms with van der Waals surface area (Å²) in [4.78, 5) is 12.3. The van der Waals surface area contributed by atoms with Crippen molar-refractivity contribution in [2.24, 2.45) is 0 Å². The smallest absolute Gasteiger partial charge is 0.252 e. The van der Waals surface area contributed by atoms with E-state index in [9.17, 15) is 21.6 Å². The number of sulfonamides is 2. The van der Waals surface area contributed by atoms with Crippen molar-refractivity contribution < 1.29 is 21.6 Å². The summed E-state index contributed by atoms with van der Waals surface area (Å²) in [6.07, 6.45) is 0. The van der Waals surface area contributed by atoms with Crippen molar-refractivity contribution in [2.75, 3.05) is 20.6 Å². The second-order valence-electron chi connectivity index (χ2n) is 6.86. The van der Waals surface area contributed by atoms with Gasteiger partial charge in [-0.2, -0.15) is 8.61 Å². The fraction of sp³-hybridized carbons (Fsp3) is 0.389. The molecule has 1 heterocycles. The van der Waals surface area contributed by atoms with Crippen molar-refractivity contribution in [3.63, 3.8) is 0 Å². The topological polar surface area (TPSA) is 104 Å². The highest BCUT2D eigenvalue weighted by Gasteiger charge is 2.25. The van der Waals surface area contributed by atoms with Crippen LogP contribution in [0.25, 0.3) is 0 Å². The van der Waals surface area contributed by atoms with Gasteiger partial charge in [0.2, 0.25) is 15.9 Å². The van der Waals surface area contributed by atoms with Crippen molar-refractivity contribution in [3.05, 3.63) is 46.3 Å². The Balaban J connectivity index is 1.96. The summed E-state index contributed by atoms with van der Waals surface area (Å²) in [6, 6.07) is 8.87. The standard InChI is InChI=1S/C18H24ClN3O5S3/c1-13(2)22(4)29(24,25)15-7-5-14(6-8-15)11-20-17(23)12-21(3)30(26,27)18-10-9-16(19)28-18/h5-10,13H,11-12H2,1-4H3,(H,20,23). The summed E-state index contributed by atoms with van der Waals surface area (Å²) >= 11 is 6.70. The molecule has 0 saturated heterocycles. The monoisotopic (exact) mass is 493 g/mol. The minimum absolute atomic E-state index is 0.0611. The molecule has 2 aromatic rings. The van der Waals surface area contributed by atoms with E-state index in [-0.39, 0.29) is 28.2 Å². The van der Waals surface area contributed by atoms with E-state index >= 15 is 0 Å². The van der Waals surface area contributed by atoms with Gasteiger partial charge in [0, 0.05) is 26.7 Å². The van der Waals surface area contributed by atoms with Crippen LogP contribution in [0.4, 0.5) is 0 Å². The van der Waals surface area contributed by atoms with Crippen molar-refractivity contribution in [1.82, 2.24) is 13.9 Å². The highest BCUT2D eigenvalue weighted by molar-refractivity contribution is 7.91. The van der Waals surface area contributed by atoms with Gasteiger partial charge in [-0.3, -0.25) is 4.79 Å². The Bertz CT molecular complexity index is 1100. The van der Waals surface area contributed by atoms with Crippen molar-refractivity contribution in [2.45, 2.75) is 35.5 Å². The molecular weight excluding hydrogens is 470 g/mol. The van der Waals surface area contributed by atoms with Gasteiger partial charge in [-0.1, -0.05) is 23.7 Å². The van der Waals surface area contributed by atoms with E-state index in [0.29, 0.717) is 9.90 Å². The van der Waals surface area contributed by atoms with E-state index in [4.69, 9.17) is 11.6 Å². The second-order valence-corrected chi connectivity index (χ2v) is 12.8. The molecule has 12 heteroatoms. The maximum atomic E-state index is 12.5. The number of thiophene rings is 1. The van der Waals surface area contributed by atoms with Crippen molar-refractivity contribution in [1.29, 1.82) is 0 Å². The lowest BCUT2D eigenvalue weighted by molar-refractivity contribution is -0.121. The number of rotatable bonds is 9. The number of nitrogens with one attached hydrogen (secondary N) is 1. The minimum Gasteiger partial charge on any atom is -0.351 e. The van der Waals surface area contributed by atoms with Crippen LogP contribution >= 0.6 is 22.9 Å². The van der Waals surface area contributed by atoms with Crippen LogP contribution in [-0.2, 0) is 31.4 Å². The average molecular weight is 494 g/mol. The molecule has 1 N–H and O–H groups in total. The average Bonchev–Trinajstić information content (AvgIpc) is 3.13. The summed E-state index contributed by atoms with van der Waals surface area (Å²) < 4.78 is 52.4. The highest BCUT2D eigenvalue weighted by Crippen LogP contribution is 2.27. The molecule has 2 rings (SSSR count). The fourth-order valence-electron chi connectivity index (χ4n) is 2.36. The van der Waals surface area contributed by atoms with Crippen molar-refractivity contribution in [3.8, 4) is 0 Å². The van der Waals surface area contributed by atoms with Gasteiger partial charge >= 0.3 is 0 Å².